The highest BCUT2D eigenvalue weighted by Crippen LogP contribution is 2.28. The van der Waals surface area contributed by atoms with Gasteiger partial charge in [-0.15, -0.1) is 0 Å². The third-order valence-electron chi connectivity index (χ3n) is 5.25. The Morgan fingerprint density at radius 1 is 1.08 bits per heavy atom. The van der Waals surface area contributed by atoms with E-state index in [1.807, 2.05) is 45.9 Å². The van der Waals surface area contributed by atoms with Gasteiger partial charge in [-0.3, -0.25) is 9.69 Å². The first-order valence-corrected chi connectivity index (χ1v) is 11.0. The Labute approximate surface area is 156 Å². The number of hydrogen-bond acceptors (Lipinski definition) is 4. The molecule has 2 fully saturated rings. The molecule has 0 unspecified atom stereocenters. The second kappa shape index (κ2) is 7.16. The molecule has 2 saturated heterocycles. The monoisotopic (exact) mass is 376 g/mol. The van der Waals surface area contributed by atoms with Gasteiger partial charge in [0.15, 0.2) is 9.84 Å². The van der Waals surface area contributed by atoms with Crippen LogP contribution in [0.4, 0.5) is 0 Å². The number of carbonyl (C=O) groups excluding carboxylic acids is 1. The lowest BCUT2D eigenvalue weighted by Crippen LogP contribution is -2.60. The van der Waals surface area contributed by atoms with E-state index in [-0.39, 0.29) is 29.5 Å². The van der Waals surface area contributed by atoms with Crippen molar-refractivity contribution in [3.05, 3.63) is 46.5 Å². The molecule has 0 spiro atoms. The van der Waals surface area contributed by atoms with Crippen LogP contribution in [0.15, 0.2) is 29.8 Å². The number of rotatable bonds is 3. The van der Waals surface area contributed by atoms with Crippen molar-refractivity contribution in [2.75, 3.05) is 31.1 Å². The maximum absolute atomic E-state index is 13.1. The van der Waals surface area contributed by atoms with E-state index < -0.39 is 9.84 Å². The molecule has 2 aliphatic rings. The molecule has 2 atom stereocenters. The van der Waals surface area contributed by atoms with Gasteiger partial charge < -0.3 is 4.90 Å². The van der Waals surface area contributed by atoms with E-state index in [1.54, 1.807) is 4.90 Å². The maximum Gasteiger partial charge on any atom is 0.254 e. The zero-order chi connectivity index (χ0) is 19.1. The summed E-state index contributed by atoms with van der Waals surface area (Å²) >= 11 is 0. The van der Waals surface area contributed by atoms with Crippen LogP contribution in [0.1, 0.15) is 35.3 Å². The summed E-state index contributed by atoms with van der Waals surface area (Å²) in [5.74, 6) is 0.162. The highest BCUT2D eigenvalue weighted by molar-refractivity contribution is 7.91. The molecular weight excluding hydrogens is 348 g/mol. The number of benzene rings is 1. The smallest absolute Gasteiger partial charge is 0.254 e. The summed E-state index contributed by atoms with van der Waals surface area (Å²) in [5.41, 5.74) is 3.97. The average molecular weight is 377 g/mol. The number of amides is 1. The fourth-order valence-electron chi connectivity index (χ4n) is 4.07. The van der Waals surface area contributed by atoms with Crippen LogP contribution >= 0.6 is 0 Å². The number of piperazine rings is 1. The molecule has 0 bridgehead atoms. The SMILES string of the molecule is CC(C)=CCN1CCN(C(=O)c2cc(C)cc(C)c2)[C@H]2CS(=O)(=O)C[C@H]21. The standard InChI is InChI=1S/C20H28N2O3S/c1-14(2)5-6-21-7-8-22(19-13-26(24,25)12-18(19)21)20(23)17-10-15(3)9-16(4)11-17/h5,9-11,18-19H,6-8,12-13H2,1-4H3/t18-,19+/m1/s1. The van der Waals surface area contributed by atoms with E-state index in [0.29, 0.717) is 18.7 Å². The van der Waals surface area contributed by atoms with Gasteiger partial charge in [-0.1, -0.05) is 28.8 Å². The predicted octanol–water partition coefficient (Wildman–Crippen LogP) is 2.19. The van der Waals surface area contributed by atoms with Crippen molar-refractivity contribution in [2.24, 2.45) is 0 Å². The first-order valence-electron chi connectivity index (χ1n) is 9.13. The zero-order valence-electron chi connectivity index (χ0n) is 16.0. The minimum atomic E-state index is -3.12. The summed E-state index contributed by atoms with van der Waals surface area (Å²) in [6, 6.07) is 5.45. The number of carbonyl (C=O) groups is 1. The average Bonchev–Trinajstić information content (AvgIpc) is 2.86. The fourth-order valence-corrected chi connectivity index (χ4v) is 6.08. The summed E-state index contributed by atoms with van der Waals surface area (Å²) in [6.07, 6.45) is 2.13. The summed E-state index contributed by atoms with van der Waals surface area (Å²) < 4.78 is 24.6. The van der Waals surface area contributed by atoms with Gasteiger partial charge in [0.05, 0.1) is 17.5 Å². The fraction of sp³-hybridized carbons (Fsp3) is 0.550. The quantitative estimate of drug-likeness (QED) is 0.759. The molecule has 3 rings (SSSR count). The Hall–Kier alpha value is -1.66. The molecule has 142 valence electrons. The molecule has 1 aromatic carbocycles. The van der Waals surface area contributed by atoms with Crippen LogP contribution < -0.4 is 0 Å². The third kappa shape index (κ3) is 4.01. The first kappa shape index (κ1) is 19.1. The molecular formula is C20H28N2O3S. The maximum atomic E-state index is 13.1. The van der Waals surface area contributed by atoms with Crippen LogP contribution in [0.3, 0.4) is 0 Å². The third-order valence-corrected chi connectivity index (χ3v) is 6.95. The van der Waals surface area contributed by atoms with E-state index in [2.05, 4.69) is 11.0 Å². The number of sulfone groups is 1. The molecule has 0 aliphatic carbocycles. The lowest BCUT2D eigenvalue weighted by atomic mass is 10.0. The summed E-state index contributed by atoms with van der Waals surface area (Å²) in [7, 11) is -3.12. The number of nitrogens with zero attached hydrogens (tertiary/aromatic N) is 2. The van der Waals surface area contributed by atoms with Gasteiger partial charge in [0.2, 0.25) is 0 Å². The lowest BCUT2D eigenvalue weighted by Gasteiger charge is -2.43. The zero-order valence-corrected chi connectivity index (χ0v) is 16.8. The minimum Gasteiger partial charge on any atom is -0.332 e. The Kier molecular flexibility index (Phi) is 5.26. The Bertz CT molecular complexity index is 820. The second-order valence-corrected chi connectivity index (χ2v) is 10.0. The van der Waals surface area contributed by atoms with E-state index >= 15 is 0 Å². The van der Waals surface area contributed by atoms with Crippen molar-refractivity contribution in [3.8, 4) is 0 Å². The number of aryl methyl sites for hydroxylation is 2. The highest BCUT2D eigenvalue weighted by Gasteiger charge is 2.47. The molecule has 2 heterocycles. The molecule has 0 radical (unpaired) electrons. The summed E-state index contributed by atoms with van der Waals surface area (Å²) in [4.78, 5) is 17.1. The molecule has 0 aromatic heterocycles. The molecule has 26 heavy (non-hydrogen) atoms. The molecule has 2 aliphatic heterocycles. The van der Waals surface area contributed by atoms with E-state index in [4.69, 9.17) is 0 Å². The van der Waals surface area contributed by atoms with Crippen molar-refractivity contribution >= 4 is 15.7 Å². The van der Waals surface area contributed by atoms with Gasteiger partial charge >= 0.3 is 0 Å². The van der Waals surface area contributed by atoms with Crippen LogP contribution in [0.2, 0.25) is 0 Å². The van der Waals surface area contributed by atoms with Crippen LogP contribution in [0.5, 0.6) is 0 Å². The molecule has 0 N–H and O–H groups in total. The number of hydrogen-bond donors (Lipinski definition) is 0. The Morgan fingerprint density at radius 3 is 2.31 bits per heavy atom. The normalized spacial score (nSPS) is 25.0. The molecule has 6 heteroatoms. The van der Waals surface area contributed by atoms with E-state index in [0.717, 1.165) is 17.7 Å². The highest BCUT2D eigenvalue weighted by atomic mass is 32.2. The van der Waals surface area contributed by atoms with Gasteiger partial charge in [0.25, 0.3) is 5.91 Å². The minimum absolute atomic E-state index is 0.0502. The van der Waals surface area contributed by atoms with Gasteiger partial charge in [-0.2, -0.15) is 0 Å². The molecule has 1 amide bonds. The van der Waals surface area contributed by atoms with Crippen molar-refractivity contribution < 1.29 is 13.2 Å². The largest absolute Gasteiger partial charge is 0.332 e. The molecule has 0 saturated carbocycles. The van der Waals surface area contributed by atoms with Gasteiger partial charge in [-0.25, -0.2) is 8.42 Å². The van der Waals surface area contributed by atoms with E-state index in [9.17, 15) is 13.2 Å². The van der Waals surface area contributed by atoms with Crippen LogP contribution in [0, 0.1) is 13.8 Å². The Morgan fingerprint density at radius 2 is 1.69 bits per heavy atom. The number of allylic oxidation sites excluding steroid dienone is 1. The van der Waals surface area contributed by atoms with Crippen LogP contribution in [-0.2, 0) is 9.84 Å². The second-order valence-electron chi connectivity index (χ2n) is 7.86. The first-order chi connectivity index (χ1) is 12.2. The van der Waals surface area contributed by atoms with E-state index in [1.165, 1.54) is 5.57 Å². The topological polar surface area (TPSA) is 57.7 Å². The Balaban J connectivity index is 1.88. The van der Waals surface area contributed by atoms with Gasteiger partial charge in [-0.05, 0) is 39.8 Å². The van der Waals surface area contributed by atoms with Crippen molar-refractivity contribution in [1.29, 1.82) is 0 Å². The molecule has 5 nitrogen and oxygen atoms in total. The predicted molar refractivity (Wildman–Crippen MR) is 104 cm³/mol. The van der Waals surface area contributed by atoms with Gasteiger partial charge in [0.1, 0.15) is 0 Å². The van der Waals surface area contributed by atoms with Crippen molar-refractivity contribution in [2.45, 2.75) is 39.8 Å². The van der Waals surface area contributed by atoms with Crippen molar-refractivity contribution in [1.82, 2.24) is 9.80 Å². The van der Waals surface area contributed by atoms with Gasteiger partial charge in [0, 0.05) is 31.2 Å². The summed E-state index contributed by atoms with van der Waals surface area (Å²) in [5, 5.41) is 0. The number of fused-ring (bicyclic) bond motifs is 1. The van der Waals surface area contributed by atoms with Crippen LogP contribution in [-0.4, -0.2) is 67.3 Å². The van der Waals surface area contributed by atoms with Crippen LogP contribution in [0.25, 0.3) is 0 Å². The molecule has 1 aromatic rings. The van der Waals surface area contributed by atoms with Crippen molar-refractivity contribution in [3.63, 3.8) is 0 Å². The summed E-state index contributed by atoms with van der Waals surface area (Å²) in [6.45, 7) is 10.1. The lowest BCUT2D eigenvalue weighted by molar-refractivity contribution is 0.0368.